The molecular formula is C12H19N7. The molecule has 2 aromatic rings. The van der Waals surface area contributed by atoms with Crippen LogP contribution in [-0.2, 0) is 19.9 Å². The third-order valence-electron chi connectivity index (χ3n) is 2.83. The molecule has 19 heavy (non-hydrogen) atoms. The van der Waals surface area contributed by atoms with Gasteiger partial charge in [0.1, 0.15) is 23.8 Å². The van der Waals surface area contributed by atoms with Crippen LogP contribution in [0.5, 0.6) is 0 Å². The van der Waals surface area contributed by atoms with Gasteiger partial charge in [0.25, 0.3) is 0 Å². The Hall–Kier alpha value is -2.18. The van der Waals surface area contributed by atoms with Gasteiger partial charge in [0.15, 0.2) is 5.82 Å². The lowest BCUT2D eigenvalue weighted by atomic mass is 10.3. The second kappa shape index (κ2) is 5.64. The van der Waals surface area contributed by atoms with Gasteiger partial charge in [0.05, 0.1) is 0 Å². The molecule has 0 spiro atoms. The fourth-order valence-corrected chi connectivity index (χ4v) is 1.70. The summed E-state index contributed by atoms with van der Waals surface area (Å²) < 4.78 is 1.69. The van der Waals surface area contributed by atoms with E-state index in [2.05, 4.69) is 25.4 Å². The highest BCUT2D eigenvalue weighted by Gasteiger charge is 2.07. The summed E-state index contributed by atoms with van der Waals surface area (Å²) in [6, 6.07) is 0. The van der Waals surface area contributed by atoms with E-state index in [0.717, 1.165) is 35.9 Å². The average molecular weight is 261 g/mol. The number of aryl methyl sites for hydroxylation is 2. The number of rotatable bonds is 5. The van der Waals surface area contributed by atoms with Gasteiger partial charge in [-0.05, 0) is 6.92 Å². The molecule has 0 bridgehead atoms. The minimum Gasteiger partial charge on any atom is -0.383 e. The molecule has 0 fully saturated rings. The molecule has 0 aliphatic carbocycles. The smallest absolute Gasteiger partial charge is 0.152 e. The van der Waals surface area contributed by atoms with Gasteiger partial charge >= 0.3 is 0 Å². The Morgan fingerprint density at radius 2 is 2.11 bits per heavy atom. The Bertz CT molecular complexity index is 561. The summed E-state index contributed by atoms with van der Waals surface area (Å²) in [5.74, 6) is 2.89. The standard InChI is InChI=1S/C12H19N7/c1-4-9-16-11(13)8(2)12(17-9)14-6-5-10-15-7-19(3)18-10/h7H,4-6H2,1-3H3,(H3,13,14,16,17). The van der Waals surface area contributed by atoms with Crippen LogP contribution in [-0.4, -0.2) is 31.3 Å². The van der Waals surface area contributed by atoms with Crippen molar-refractivity contribution in [3.05, 3.63) is 23.5 Å². The molecule has 0 aliphatic rings. The minimum absolute atomic E-state index is 0.533. The van der Waals surface area contributed by atoms with Gasteiger partial charge in [-0.1, -0.05) is 6.92 Å². The Labute approximate surface area is 112 Å². The molecule has 7 nitrogen and oxygen atoms in total. The second-order valence-corrected chi connectivity index (χ2v) is 4.36. The molecule has 2 heterocycles. The first-order valence-corrected chi connectivity index (χ1v) is 6.31. The maximum Gasteiger partial charge on any atom is 0.152 e. The van der Waals surface area contributed by atoms with E-state index >= 15 is 0 Å². The van der Waals surface area contributed by atoms with E-state index in [1.807, 2.05) is 20.9 Å². The number of hydrogen-bond donors (Lipinski definition) is 2. The van der Waals surface area contributed by atoms with Gasteiger partial charge in [0.2, 0.25) is 0 Å². The summed E-state index contributed by atoms with van der Waals surface area (Å²) in [6.45, 7) is 4.63. The predicted octanol–water partition coefficient (Wildman–Crippen LogP) is 0.713. The minimum atomic E-state index is 0.533. The van der Waals surface area contributed by atoms with Crippen molar-refractivity contribution in [2.24, 2.45) is 7.05 Å². The van der Waals surface area contributed by atoms with Crippen molar-refractivity contribution in [1.29, 1.82) is 0 Å². The normalized spacial score (nSPS) is 10.7. The summed E-state index contributed by atoms with van der Waals surface area (Å²) in [5.41, 5.74) is 6.74. The highest BCUT2D eigenvalue weighted by molar-refractivity contribution is 5.54. The van der Waals surface area contributed by atoms with Crippen molar-refractivity contribution >= 4 is 11.6 Å². The van der Waals surface area contributed by atoms with Gasteiger partial charge in [-0.3, -0.25) is 4.68 Å². The molecule has 0 radical (unpaired) electrons. The van der Waals surface area contributed by atoms with Crippen LogP contribution in [0.3, 0.4) is 0 Å². The van der Waals surface area contributed by atoms with Gasteiger partial charge < -0.3 is 11.1 Å². The molecule has 2 aromatic heterocycles. The molecule has 0 amide bonds. The maximum atomic E-state index is 5.86. The molecule has 3 N–H and O–H groups in total. The number of nitrogens with two attached hydrogens (primary N) is 1. The Balaban J connectivity index is 2.01. The van der Waals surface area contributed by atoms with E-state index in [0.29, 0.717) is 12.4 Å². The molecule has 0 saturated heterocycles. The van der Waals surface area contributed by atoms with E-state index in [-0.39, 0.29) is 0 Å². The topological polar surface area (TPSA) is 94.5 Å². The highest BCUT2D eigenvalue weighted by Crippen LogP contribution is 2.17. The van der Waals surface area contributed by atoms with E-state index in [9.17, 15) is 0 Å². The number of aromatic nitrogens is 5. The summed E-state index contributed by atoms with van der Waals surface area (Å²) in [4.78, 5) is 12.8. The van der Waals surface area contributed by atoms with Crippen molar-refractivity contribution in [2.45, 2.75) is 26.7 Å². The van der Waals surface area contributed by atoms with Crippen LogP contribution < -0.4 is 11.1 Å². The first-order valence-electron chi connectivity index (χ1n) is 6.31. The first kappa shape index (κ1) is 13.3. The van der Waals surface area contributed by atoms with E-state index in [1.165, 1.54) is 0 Å². The van der Waals surface area contributed by atoms with Crippen LogP contribution in [0.1, 0.15) is 24.1 Å². The molecule has 102 valence electrons. The zero-order valence-electron chi connectivity index (χ0n) is 11.5. The van der Waals surface area contributed by atoms with Gasteiger partial charge in [-0.25, -0.2) is 15.0 Å². The summed E-state index contributed by atoms with van der Waals surface area (Å²) in [5, 5.41) is 7.49. The van der Waals surface area contributed by atoms with Crippen molar-refractivity contribution in [3.63, 3.8) is 0 Å². The monoisotopic (exact) mass is 261 g/mol. The number of nitrogens with zero attached hydrogens (tertiary/aromatic N) is 5. The van der Waals surface area contributed by atoms with Gasteiger partial charge in [0, 0.05) is 32.0 Å². The average Bonchev–Trinajstić information content (AvgIpc) is 2.80. The third-order valence-corrected chi connectivity index (χ3v) is 2.83. The van der Waals surface area contributed by atoms with Crippen molar-refractivity contribution in [1.82, 2.24) is 24.7 Å². The molecule has 0 atom stereocenters. The Morgan fingerprint density at radius 1 is 1.32 bits per heavy atom. The van der Waals surface area contributed by atoms with Crippen LogP contribution in [0.25, 0.3) is 0 Å². The van der Waals surface area contributed by atoms with E-state index < -0.39 is 0 Å². The molecular weight excluding hydrogens is 242 g/mol. The van der Waals surface area contributed by atoms with Gasteiger partial charge in [-0.2, -0.15) is 5.10 Å². The van der Waals surface area contributed by atoms with Crippen LogP contribution in [0.15, 0.2) is 6.33 Å². The zero-order valence-corrected chi connectivity index (χ0v) is 11.5. The van der Waals surface area contributed by atoms with Gasteiger partial charge in [-0.15, -0.1) is 0 Å². The largest absolute Gasteiger partial charge is 0.383 e. The quantitative estimate of drug-likeness (QED) is 0.823. The van der Waals surface area contributed by atoms with Crippen molar-refractivity contribution < 1.29 is 0 Å². The Morgan fingerprint density at radius 3 is 2.74 bits per heavy atom. The van der Waals surface area contributed by atoms with Crippen LogP contribution in [0.2, 0.25) is 0 Å². The summed E-state index contributed by atoms with van der Waals surface area (Å²) in [6.07, 6.45) is 3.20. The van der Waals surface area contributed by atoms with E-state index in [1.54, 1.807) is 11.0 Å². The summed E-state index contributed by atoms with van der Waals surface area (Å²) >= 11 is 0. The summed E-state index contributed by atoms with van der Waals surface area (Å²) in [7, 11) is 1.85. The fourth-order valence-electron chi connectivity index (χ4n) is 1.70. The highest BCUT2D eigenvalue weighted by atomic mass is 15.3. The number of anilines is 2. The van der Waals surface area contributed by atoms with E-state index in [4.69, 9.17) is 5.73 Å². The molecule has 7 heteroatoms. The SMILES string of the molecule is CCc1nc(N)c(C)c(NCCc2ncn(C)n2)n1. The molecule has 2 rings (SSSR count). The Kier molecular flexibility index (Phi) is 3.94. The molecule has 0 aromatic carbocycles. The number of nitrogens with one attached hydrogen (secondary N) is 1. The first-order chi connectivity index (χ1) is 9.10. The number of nitrogen functional groups attached to an aromatic ring is 1. The van der Waals surface area contributed by atoms with Crippen LogP contribution >= 0.6 is 0 Å². The third kappa shape index (κ3) is 3.18. The molecule has 0 saturated carbocycles. The molecule has 0 aliphatic heterocycles. The van der Waals surface area contributed by atoms with Crippen molar-refractivity contribution in [3.8, 4) is 0 Å². The molecule has 0 unspecified atom stereocenters. The van der Waals surface area contributed by atoms with Crippen LogP contribution in [0, 0.1) is 6.92 Å². The van der Waals surface area contributed by atoms with Crippen LogP contribution in [0.4, 0.5) is 11.6 Å². The predicted molar refractivity (Wildman–Crippen MR) is 73.8 cm³/mol. The lowest BCUT2D eigenvalue weighted by Gasteiger charge is -2.10. The number of hydrogen-bond acceptors (Lipinski definition) is 6. The zero-order chi connectivity index (χ0) is 13.8. The lowest BCUT2D eigenvalue weighted by molar-refractivity contribution is 0.741. The van der Waals surface area contributed by atoms with Crippen molar-refractivity contribution in [2.75, 3.05) is 17.6 Å². The maximum absolute atomic E-state index is 5.86. The second-order valence-electron chi connectivity index (χ2n) is 4.36. The lowest BCUT2D eigenvalue weighted by Crippen LogP contribution is -2.12. The fraction of sp³-hybridized carbons (Fsp3) is 0.500.